The topological polar surface area (TPSA) is 77.4 Å². The van der Waals surface area contributed by atoms with E-state index in [-0.39, 0.29) is 12.1 Å². The molecule has 1 heterocycles. The van der Waals surface area contributed by atoms with Crippen molar-refractivity contribution in [2.45, 2.75) is 51.3 Å². The Morgan fingerprint density at radius 1 is 1.56 bits per heavy atom. The van der Waals surface area contributed by atoms with Gasteiger partial charge in [-0.3, -0.25) is 4.79 Å². The van der Waals surface area contributed by atoms with Gasteiger partial charge in [0.1, 0.15) is 18.3 Å². The minimum Gasteiger partial charge on any atom is -0.459 e. The number of hydrogen-bond donors (Lipinski definition) is 1. The molecule has 2 rings (SSSR count). The van der Waals surface area contributed by atoms with Crippen LogP contribution in [0.2, 0.25) is 0 Å². The van der Waals surface area contributed by atoms with Crippen LogP contribution >= 0.6 is 0 Å². The molecule has 0 aromatic carbocycles. The highest BCUT2D eigenvalue weighted by Gasteiger charge is 2.54. The number of carbonyl (C=O) groups excluding carboxylic acids is 1. The molecule has 90 valence electrons. The smallest absolute Gasteiger partial charge is 0.303 e. The Morgan fingerprint density at radius 3 is 2.81 bits per heavy atom. The highest BCUT2D eigenvalue weighted by Crippen LogP contribution is 2.38. The molecular weight excluding hydrogens is 214 g/mol. The molecule has 16 heavy (non-hydrogen) atoms. The highest BCUT2D eigenvalue weighted by atomic mass is 16.8. The predicted octanol–water partition coefficient (Wildman–Crippen LogP) is 0.672. The van der Waals surface area contributed by atoms with Crippen LogP contribution in [-0.4, -0.2) is 41.0 Å². The lowest BCUT2D eigenvalue weighted by Crippen LogP contribution is -2.31. The molecule has 0 spiro atoms. The number of hydrogen-bond acceptors (Lipinski definition) is 6. The van der Waals surface area contributed by atoms with Gasteiger partial charge < -0.3 is 19.4 Å². The maximum Gasteiger partial charge on any atom is 0.303 e. The fourth-order valence-electron chi connectivity index (χ4n) is 2.18. The predicted molar refractivity (Wildman–Crippen MR) is 53.2 cm³/mol. The number of oxime groups is 1. The third-order valence-electron chi connectivity index (χ3n) is 2.68. The highest BCUT2D eigenvalue weighted by molar-refractivity contribution is 5.92. The average Bonchev–Trinajstić information content (AvgIpc) is 2.60. The van der Waals surface area contributed by atoms with Crippen molar-refractivity contribution in [1.82, 2.24) is 0 Å². The molecule has 2 aliphatic rings. The third kappa shape index (κ3) is 1.90. The lowest BCUT2D eigenvalue weighted by Gasteiger charge is -2.21. The summed E-state index contributed by atoms with van der Waals surface area (Å²) in [6.07, 6.45) is -0.897. The van der Waals surface area contributed by atoms with Crippen molar-refractivity contribution in [1.29, 1.82) is 0 Å². The second kappa shape index (κ2) is 3.71. The number of nitrogens with zero attached hydrogens (tertiary/aromatic N) is 1. The molecule has 0 amide bonds. The Bertz CT molecular complexity index is 338. The number of esters is 1. The zero-order valence-corrected chi connectivity index (χ0v) is 9.47. The molecule has 0 radical (unpaired) electrons. The van der Waals surface area contributed by atoms with Crippen LogP contribution in [0.3, 0.4) is 0 Å². The summed E-state index contributed by atoms with van der Waals surface area (Å²) in [5.74, 6) is -1.12. The summed E-state index contributed by atoms with van der Waals surface area (Å²) < 4.78 is 16.3. The SMILES string of the molecule is CC(=O)O[C@@H]1C/C(=N\O)[C@@H]2OC(C)(C)O[C@H]12. The van der Waals surface area contributed by atoms with E-state index in [1.165, 1.54) is 6.92 Å². The monoisotopic (exact) mass is 229 g/mol. The van der Waals surface area contributed by atoms with Gasteiger partial charge in [0.2, 0.25) is 0 Å². The minimum atomic E-state index is -0.746. The molecule has 1 saturated carbocycles. The van der Waals surface area contributed by atoms with E-state index in [2.05, 4.69) is 5.16 Å². The van der Waals surface area contributed by atoms with Gasteiger partial charge in [-0.15, -0.1) is 0 Å². The lowest BCUT2D eigenvalue weighted by atomic mass is 10.2. The third-order valence-corrected chi connectivity index (χ3v) is 2.68. The fraction of sp³-hybridized carbons (Fsp3) is 0.800. The van der Waals surface area contributed by atoms with Crippen LogP contribution in [0.15, 0.2) is 5.16 Å². The Kier molecular flexibility index (Phi) is 2.63. The van der Waals surface area contributed by atoms with Gasteiger partial charge in [0, 0.05) is 13.3 Å². The molecule has 1 N–H and O–H groups in total. The molecule has 0 aromatic rings. The fourth-order valence-corrected chi connectivity index (χ4v) is 2.18. The summed E-state index contributed by atoms with van der Waals surface area (Å²) in [5, 5.41) is 12.0. The number of rotatable bonds is 1. The van der Waals surface area contributed by atoms with E-state index < -0.39 is 18.0 Å². The largest absolute Gasteiger partial charge is 0.459 e. The molecule has 0 unspecified atom stereocenters. The summed E-state index contributed by atoms with van der Waals surface area (Å²) in [4.78, 5) is 10.9. The van der Waals surface area contributed by atoms with Crippen LogP contribution < -0.4 is 0 Å². The Morgan fingerprint density at radius 2 is 2.25 bits per heavy atom. The Balaban J connectivity index is 2.17. The van der Waals surface area contributed by atoms with Crippen LogP contribution in [0.1, 0.15) is 27.2 Å². The van der Waals surface area contributed by atoms with Gasteiger partial charge in [-0.25, -0.2) is 0 Å². The van der Waals surface area contributed by atoms with Crippen molar-refractivity contribution < 1.29 is 24.2 Å². The first-order valence-electron chi connectivity index (χ1n) is 5.16. The van der Waals surface area contributed by atoms with E-state index in [4.69, 9.17) is 19.4 Å². The van der Waals surface area contributed by atoms with E-state index in [1.54, 1.807) is 13.8 Å². The normalized spacial score (nSPS) is 38.7. The number of carbonyl (C=O) groups is 1. The summed E-state index contributed by atoms with van der Waals surface area (Å²) in [6, 6.07) is 0. The van der Waals surface area contributed by atoms with Gasteiger partial charge in [-0.2, -0.15) is 0 Å². The molecular formula is C10H15NO5. The van der Waals surface area contributed by atoms with E-state index in [1.807, 2.05) is 0 Å². The summed E-state index contributed by atoms with van der Waals surface area (Å²) >= 11 is 0. The van der Waals surface area contributed by atoms with Crippen molar-refractivity contribution in [3.8, 4) is 0 Å². The van der Waals surface area contributed by atoms with E-state index >= 15 is 0 Å². The molecule has 2 fully saturated rings. The first kappa shape index (κ1) is 11.3. The lowest BCUT2D eigenvalue weighted by molar-refractivity contribution is -0.169. The zero-order valence-electron chi connectivity index (χ0n) is 9.47. The summed E-state index contributed by atoms with van der Waals surface area (Å²) in [7, 11) is 0. The van der Waals surface area contributed by atoms with Crippen molar-refractivity contribution in [3.63, 3.8) is 0 Å². The molecule has 6 heteroatoms. The second-order valence-electron chi connectivity index (χ2n) is 4.46. The Labute approximate surface area is 93.2 Å². The first-order valence-corrected chi connectivity index (χ1v) is 5.16. The molecule has 1 aliphatic carbocycles. The number of ether oxygens (including phenoxy) is 3. The molecule has 0 aromatic heterocycles. The van der Waals surface area contributed by atoms with Crippen LogP contribution in [-0.2, 0) is 19.0 Å². The molecule has 1 saturated heterocycles. The van der Waals surface area contributed by atoms with Crippen molar-refractivity contribution in [2.75, 3.05) is 0 Å². The first-order chi connectivity index (χ1) is 7.43. The second-order valence-corrected chi connectivity index (χ2v) is 4.46. The molecule has 6 nitrogen and oxygen atoms in total. The quantitative estimate of drug-likeness (QED) is 0.406. The standard InChI is InChI=1S/C10H15NO5/c1-5(12)14-7-4-6(11-13)8-9(7)16-10(2,3)15-8/h7-9,13H,4H2,1-3H3/b11-6+/t7-,8+,9-/m1/s1. The van der Waals surface area contributed by atoms with E-state index in [0.29, 0.717) is 12.1 Å². The van der Waals surface area contributed by atoms with Crippen LogP contribution in [0.25, 0.3) is 0 Å². The average molecular weight is 229 g/mol. The van der Waals surface area contributed by atoms with Crippen molar-refractivity contribution >= 4 is 11.7 Å². The van der Waals surface area contributed by atoms with Crippen molar-refractivity contribution in [2.24, 2.45) is 5.16 Å². The number of fused-ring (bicyclic) bond motifs is 1. The molecule has 0 bridgehead atoms. The van der Waals surface area contributed by atoms with Gasteiger partial charge in [0.05, 0.1) is 5.71 Å². The summed E-state index contributed by atoms with van der Waals surface area (Å²) in [6.45, 7) is 4.88. The van der Waals surface area contributed by atoms with E-state index in [9.17, 15) is 4.79 Å². The minimum absolute atomic E-state index is 0.349. The Hall–Kier alpha value is -1.14. The van der Waals surface area contributed by atoms with Crippen molar-refractivity contribution in [3.05, 3.63) is 0 Å². The zero-order chi connectivity index (χ0) is 11.9. The van der Waals surface area contributed by atoms with Crippen LogP contribution in [0.5, 0.6) is 0 Å². The van der Waals surface area contributed by atoms with Crippen LogP contribution in [0.4, 0.5) is 0 Å². The van der Waals surface area contributed by atoms with Gasteiger partial charge >= 0.3 is 5.97 Å². The maximum absolute atomic E-state index is 10.9. The van der Waals surface area contributed by atoms with E-state index in [0.717, 1.165) is 0 Å². The molecule has 3 atom stereocenters. The van der Waals surface area contributed by atoms with Gasteiger partial charge in [-0.1, -0.05) is 5.16 Å². The maximum atomic E-state index is 10.9. The van der Waals surface area contributed by atoms with Gasteiger partial charge in [0.15, 0.2) is 5.79 Å². The van der Waals surface area contributed by atoms with Crippen LogP contribution in [0, 0.1) is 0 Å². The van der Waals surface area contributed by atoms with Gasteiger partial charge in [0.25, 0.3) is 0 Å². The van der Waals surface area contributed by atoms with Gasteiger partial charge in [-0.05, 0) is 13.8 Å². The molecule has 1 aliphatic heterocycles. The summed E-state index contributed by atoms with van der Waals surface area (Å²) in [5.41, 5.74) is 0.460.